The van der Waals surface area contributed by atoms with Crippen LogP contribution in [0.25, 0.3) is 16.0 Å². The first kappa shape index (κ1) is 22.9. The largest absolute Gasteiger partial charge is 0.507 e. The summed E-state index contributed by atoms with van der Waals surface area (Å²) in [5, 5.41) is 12.0. The molecule has 1 fully saturated rings. The highest BCUT2D eigenvalue weighted by Gasteiger charge is 2.48. The molecule has 0 unspecified atom stereocenters. The molecule has 1 aliphatic rings. The van der Waals surface area contributed by atoms with E-state index in [1.807, 2.05) is 6.07 Å². The average molecular weight is 507 g/mol. The van der Waals surface area contributed by atoms with Crippen LogP contribution in [-0.4, -0.2) is 36.0 Å². The Morgan fingerprint density at radius 3 is 2.40 bits per heavy atom. The van der Waals surface area contributed by atoms with Crippen molar-refractivity contribution in [2.45, 2.75) is 6.04 Å². The maximum absolute atomic E-state index is 13.3. The molecule has 0 radical (unpaired) electrons. The lowest BCUT2D eigenvalue weighted by Crippen LogP contribution is -2.29. The number of ketones is 1. The second kappa shape index (κ2) is 9.05. The molecular weight excluding hydrogens is 488 g/mol. The number of rotatable bonds is 5. The summed E-state index contributed by atoms with van der Waals surface area (Å²) in [4.78, 5) is 32.6. The lowest BCUT2D eigenvalue weighted by atomic mass is 9.95. The smallest absolute Gasteiger partial charge is 0.301 e. The van der Waals surface area contributed by atoms with Gasteiger partial charge in [-0.15, -0.1) is 0 Å². The number of methoxy groups -OCH3 is 2. The number of nitrogens with zero attached hydrogens (tertiary/aromatic N) is 2. The topological polar surface area (TPSA) is 89.0 Å². The van der Waals surface area contributed by atoms with Crippen LogP contribution in [0.2, 0.25) is 5.02 Å². The van der Waals surface area contributed by atoms with E-state index in [1.54, 1.807) is 67.8 Å². The van der Waals surface area contributed by atoms with Crippen LogP contribution in [0.5, 0.6) is 11.5 Å². The fourth-order valence-electron chi connectivity index (χ4n) is 4.05. The highest BCUT2D eigenvalue weighted by atomic mass is 35.5. The molecule has 1 N–H and O–H groups in total. The molecule has 176 valence electrons. The molecule has 1 aliphatic heterocycles. The van der Waals surface area contributed by atoms with E-state index in [-0.39, 0.29) is 11.3 Å². The molecule has 0 spiro atoms. The number of hydrogen-bond donors (Lipinski definition) is 1. The first-order valence-corrected chi connectivity index (χ1v) is 11.8. The van der Waals surface area contributed by atoms with Gasteiger partial charge < -0.3 is 14.6 Å². The van der Waals surface area contributed by atoms with Gasteiger partial charge in [-0.1, -0.05) is 35.1 Å². The monoisotopic (exact) mass is 506 g/mol. The van der Waals surface area contributed by atoms with E-state index in [4.69, 9.17) is 21.1 Å². The van der Waals surface area contributed by atoms with Crippen LogP contribution < -0.4 is 14.4 Å². The number of fused-ring (bicyclic) bond motifs is 1. The van der Waals surface area contributed by atoms with E-state index in [0.717, 1.165) is 4.70 Å². The zero-order chi connectivity index (χ0) is 24.7. The van der Waals surface area contributed by atoms with Crippen molar-refractivity contribution in [1.82, 2.24) is 4.98 Å². The number of anilines is 1. The molecule has 1 atom stereocenters. The van der Waals surface area contributed by atoms with E-state index in [2.05, 4.69) is 4.98 Å². The fourth-order valence-corrected chi connectivity index (χ4v) is 5.27. The third kappa shape index (κ3) is 4.00. The maximum atomic E-state index is 13.3. The number of amides is 1. The molecule has 4 aromatic rings. The van der Waals surface area contributed by atoms with Gasteiger partial charge in [-0.05, 0) is 60.2 Å². The number of halogens is 1. The van der Waals surface area contributed by atoms with Crippen molar-refractivity contribution in [3.8, 4) is 11.5 Å². The predicted octanol–water partition coefficient (Wildman–Crippen LogP) is 5.59. The summed E-state index contributed by atoms with van der Waals surface area (Å²) in [6.45, 7) is 0. The van der Waals surface area contributed by atoms with Crippen LogP contribution in [-0.2, 0) is 9.59 Å². The van der Waals surface area contributed by atoms with Crippen molar-refractivity contribution in [3.63, 3.8) is 0 Å². The van der Waals surface area contributed by atoms with Gasteiger partial charge >= 0.3 is 5.91 Å². The number of aliphatic hydroxyl groups is 1. The molecule has 1 aromatic heterocycles. The molecule has 0 bridgehead atoms. The molecule has 1 saturated heterocycles. The summed E-state index contributed by atoms with van der Waals surface area (Å²) in [5.74, 6) is -0.628. The van der Waals surface area contributed by atoms with Crippen molar-refractivity contribution < 1.29 is 24.2 Å². The number of ether oxygens (including phenoxy) is 2. The number of Topliss-reactive ketones (excluding diaryl/α,β-unsaturated/α-hetero) is 1. The minimum Gasteiger partial charge on any atom is -0.507 e. The summed E-state index contributed by atoms with van der Waals surface area (Å²) < 4.78 is 11.3. The fraction of sp³-hybridized carbons (Fsp3) is 0.115. The number of benzene rings is 3. The van der Waals surface area contributed by atoms with E-state index in [9.17, 15) is 14.7 Å². The number of carbonyl (C=O) groups is 2. The molecule has 7 nitrogen and oxygen atoms in total. The number of thiazole rings is 1. The van der Waals surface area contributed by atoms with Crippen LogP contribution in [0.3, 0.4) is 0 Å². The predicted molar refractivity (Wildman–Crippen MR) is 135 cm³/mol. The highest BCUT2D eigenvalue weighted by molar-refractivity contribution is 7.22. The zero-order valence-electron chi connectivity index (χ0n) is 18.7. The molecule has 0 saturated carbocycles. The third-order valence-corrected chi connectivity index (χ3v) is 7.02. The Morgan fingerprint density at radius 1 is 1.00 bits per heavy atom. The van der Waals surface area contributed by atoms with Gasteiger partial charge in [0.2, 0.25) is 0 Å². The molecule has 9 heteroatoms. The highest BCUT2D eigenvalue weighted by Crippen LogP contribution is 2.45. The Balaban J connectivity index is 1.70. The van der Waals surface area contributed by atoms with Crippen molar-refractivity contribution >= 4 is 55.7 Å². The van der Waals surface area contributed by atoms with Gasteiger partial charge in [0.15, 0.2) is 5.13 Å². The van der Waals surface area contributed by atoms with Gasteiger partial charge in [-0.25, -0.2) is 4.98 Å². The van der Waals surface area contributed by atoms with Crippen molar-refractivity contribution in [3.05, 3.63) is 88.5 Å². The van der Waals surface area contributed by atoms with Crippen molar-refractivity contribution in [2.75, 3.05) is 19.1 Å². The molecule has 5 rings (SSSR count). The summed E-state index contributed by atoms with van der Waals surface area (Å²) in [5.41, 5.74) is 1.57. The molecule has 1 amide bonds. The molecule has 0 aliphatic carbocycles. The van der Waals surface area contributed by atoms with Gasteiger partial charge in [0.1, 0.15) is 17.3 Å². The average Bonchev–Trinajstić information content (AvgIpc) is 3.41. The molecule has 3 aromatic carbocycles. The summed E-state index contributed by atoms with van der Waals surface area (Å²) in [6.07, 6.45) is 0. The maximum Gasteiger partial charge on any atom is 0.301 e. The standard InChI is InChI=1S/C26H19ClN2O5S/c1-33-17-8-6-14(7-9-17)23(30)21-22(15-4-3-5-16(27)12-15)29(25(32)24(21)31)26-28-19-11-10-18(34-2)13-20(19)35-26/h3-13,22,30H,1-2H3/b23-21+/t22-/m0/s1. The summed E-state index contributed by atoms with van der Waals surface area (Å²) in [6, 6.07) is 17.9. The molecular formula is C26H19ClN2O5S. The van der Waals surface area contributed by atoms with Crippen molar-refractivity contribution in [2.24, 2.45) is 0 Å². The van der Waals surface area contributed by atoms with Crippen molar-refractivity contribution in [1.29, 1.82) is 0 Å². The van der Waals surface area contributed by atoms with Gasteiger partial charge in [0, 0.05) is 10.6 Å². The Morgan fingerprint density at radius 2 is 1.71 bits per heavy atom. The first-order chi connectivity index (χ1) is 16.9. The van der Waals surface area contributed by atoms with Crippen LogP contribution >= 0.6 is 22.9 Å². The Labute approximate surface area is 209 Å². The number of aliphatic hydroxyl groups excluding tert-OH is 1. The SMILES string of the molecule is COc1ccc(/C(O)=C2\C(=O)C(=O)N(c3nc4ccc(OC)cc4s3)[C@H]2c2cccc(Cl)c2)cc1. The minimum absolute atomic E-state index is 0.0423. The quantitative estimate of drug-likeness (QED) is 0.215. The normalized spacial score (nSPS) is 17.2. The van der Waals surface area contributed by atoms with E-state index < -0.39 is 17.7 Å². The molecule has 2 heterocycles. The van der Waals surface area contributed by atoms with E-state index in [0.29, 0.717) is 38.3 Å². The Hall–Kier alpha value is -3.88. The van der Waals surface area contributed by atoms with Crippen LogP contribution in [0.4, 0.5) is 5.13 Å². The van der Waals surface area contributed by atoms with E-state index in [1.165, 1.54) is 23.3 Å². The first-order valence-electron chi connectivity index (χ1n) is 10.6. The number of hydrogen-bond acceptors (Lipinski definition) is 7. The Kier molecular flexibility index (Phi) is 5.92. The van der Waals surface area contributed by atoms with Crippen LogP contribution in [0, 0.1) is 0 Å². The minimum atomic E-state index is -0.918. The van der Waals surface area contributed by atoms with Gasteiger partial charge in [-0.3, -0.25) is 14.5 Å². The zero-order valence-corrected chi connectivity index (χ0v) is 20.3. The second-order valence-corrected chi connectivity index (χ2v) is 9.23. The number of carbonyl (C=O) groups excluding carboxylic acids is 2. The third-order valence-electron chi connectivity index (χ3n) is 5.76. The summed E-state index contributed by atoms with van der Waals surface area (Å²) in [7, 11) is 3.10. The van der Waals surface area contributed by atoms with Gasteiger partial charge in [0.25, 0.3) is 5.78 Å². The lowest BCUT2D eigenvalue weighted by molar-refractivity contribution is -0.132. The number of aromatic nitrogens is 1. The van der Waals surface area contributed by atoms with Crippen LogP contribution in [0.15, 0.2) is 72.3 Å². The van der Waals surface area contributed by atoms with E-state index >= 15 is 0 Å². The summed E-state index contributed by atoms with van der Waals surface area (Å²) >= 11 is 7.51. The lowest BCUT2D eigenvalue weighted by Gasteiger charge is -2.23. The molecule has 35 heavy (non-hydrogen) atoms. The van der Waals surface area contributed by atoms with Gasteiger partial charge in [0.05, 0.1) is 36.1 Å². The Bertz CT molecular complexity index is 1500. The second-order valence-electron chi connectivity index (χ2n) is 7.78. The van der Waals surface area contributed by atoms with Crippen LogP contribution in [0.1, 0.15) is 17.2 Å². The van der Waals surface area contributed by atoms with Gasteiger partial charge in [-0.2, -0.15) is 0 Å².